The molecule has 0 fully saturated rings. The third-order valence-corrected chi connectivity index (χ3v) is 4.52. The highest BCUT2D eigenvalue weighted by Gasteiger charge is 2.10. The second-order valence-corrected chi connectivity index (χ2v) is 6.21. The third-order valence-electron chi connectivity index (χ3n) is 4.23. The number of pyridine rings is 1. The minimum Gasteiger partial charge on any atom is -0.496 e. The molecule has 4 rings (SSSR count). The molecule has 0 amide bonds. The second kappa shape index (κ2) is 5.80. The number of aromatic nitrogens is 3. The van der Waals surface area contributed by atoms with Gasteiger partial charge in [0, 0.05) is 18.9 Å². The molecule has 120 valence electrons. The molecule has 5 heteroatoms. The smallest absolute Gasteiger partial charge is 0.122 e. The summed E-state index contributed by atoms with van der Waals surface area (Å²) in [6.07, 6.45) is 2.51. The monoisotopic (exact) mass is 337 g/mol. The molecule has 0 saturated heterocycles. The average molecular weight is 338 g/mol. The van der Waals surface area contributed by atoms with Gasteiger partial charge in [0.15, 0.2) is 0 Å². The van der Waals surface area contributed by atoms with Gasteiger partial charge in [-0.1, -0.05) is 29.8 Å². The predicted molar refractivity (Wildman–Crippen MR) is 96.8 cm³/mol. The van der Waals surface area contributed by atoms with E-state index in [9.17, 15) is 0 Å². The van der Waals surface area contributed by atoms with Gasteiger partial charge in [-0.3, -0.25) is 4.68 Å². The first kappa shape index (κ1) is 15.0. The molecule has 0 saturated carbocycles. The Morgan fingerprint density at radius 1 is 1.17 bits per heavy atom. The van der Waals surface area contributed by atoms with Gasteiger partial charge in [-0.15, -0.1) is 0 Å². The first-order valence-electron chi connectivity index (χ1n) is 7.68. The molecule has 24 heavy (non-hydrogen) atoms. The van der Waals surface area contributed by atoms with Crippen molar-refractivity contribution in [1.29, 1.82) is 0 Å². The maximum absolute atomic E-state index is 6.49. The van der Waals surface area contributed by atoms with E-state index in [0.29, 0.717) is 5.02 Å². The Hall–Kier alpha value is -2.59. The summed E-state index contributed by atoms with van der Waals surface area (Å²) in [5.41, 5.74) is 4.91. The van der Waals surface area contributed by atoms with Gasteiger partial charge in [-0.05, 0) is 35.4 Å². The molecule has 0 aliphatic rings. The number of methoxy groups -OCH3 is 1. The molecule has 0 spiro atoms. The SMILES string of the molecule is COc1ccccc1Cc1cc(Cl)c2nc3cnn(C)c3cc2c1. The number of hydrogen-bond acceptors (Lipinski definition) is 3. The van der Waals surface area contributed by atoms with Crippen LogP contribution in [0.15, 0.2) is 48.7 Å². The molecule has 2 aromatic heterocycles. The number of para-hydroxylation sites is 1. The molecule has 0 radical (unpaired) electrons. The van der Waals surface area contributed by atoms with Crippen molar-refractivity contribution >= 4 is 33.5 Å². The van der Waals surface area contributed by atoms with Crippen molar-refractivity contribution in [3.05, 3.63) is 64.8 Å². The van der Waals surface area contributed by atoms with Gasteiger partial charge in [-0.2, -0.15) is 5.10 Å². The maximum Gasteiger partial charge on any atom is 0.122 e. The van der Waals surface area contributed by atoms with Crippen LogP contribution >= 0.6 is 11.6 Å². The lowest BCUT2D eigenvalue weighted by Crippen LogP contribution is -1.95. The Balaban J connectivity index is 1.84. The third kappa shape index (κ3) is 2.49. The minimum absolute atomic E-state index is 0.656. The number of halogens is 1. The van der Waals surface area contributed by atoms with Crippen LogP contribution < -0.4 is 4.74 Å². The molecule has 4 aromatic rings. The number of ether oxygens (including phenoxy) is 1. The zero-order valence-electron chi connectivity index (χ0n) is 13.5. The summed E-state index contributed by atoms with van der Waals surface area (Å²) in [4.78, 5) is 4.64. The standard InChI is InChI=1S/C19H16ClN3O/c1-23-17-10-14-8-12(7-13-5-3-4-6-18(13)24-2)9-15(20)19(14)22-16(17)11-21-23/h3-6,8-11H,7H2,1-2H3. The van der Waals surface area contributed by atoms with E-state index in [2.05, 4.69) is 28.3 Å². The molecule has 0 unspecified atom stereocenters. The van der Waals surface area contributed by atoms with Crippen LogP contribution in [-0.2, 0) is 13.5 Å². The zero-order chi connectivity index (χ0) is 16.7. The van der Waals surface area contributed by atoms with E-state index in [1.165, 1.54) is 0 Å². The first-order chi connectivity index (χ1) is 11.7. The molecule has 0 aliphatic carbocycles. The summed E-state index contributed by atoms with van der Waals surface area (Å²) in [5, 5.41) is 5.93. The lowest BCUT2D eigenvalue weighted by Gasteiger charge is -2.10. The molecule has 0 N–H and O–H groups in total. The summed E-state index contributed by atoms with van der Waals surface area (Å²) >= 11 is 6.49. The van der Waals surface area contributed by atoms with Crippen LogP contribution in [0.1, 0.15) is 11.1 Å². The van der Waals surface area contributed by atoms with E-state index < -0.39 is 0 Å². The van der Waals surface area contributed by atoms with E-state index in [1.54, 1.807) is 13.3 Å². The lowest BCUT2D eigenvalue weighted by molar-refractivity contribution is 0.410. The Labute approximate surface area is 144 Å². The van der Waals surface area contributed by atoms with E-state index in [4.69, 9.17) is 16.3 Å². The normalized spacial score (nSPS) is 11.3. The Morgan fingerprint density at radius 2 is 2.00 bits per heavy atom. The molecule has 2 aromatic carbocycles. The van der Waals surface area contributed by atoms with Crippen LogP contribution in [0, 0.1) is 0 Å². The number of fused-ring (bicyclic) bond motifs is 2. The van der Waals surface area contributed by atoms with E-state index in [1.807, 2.05) is 36.0 Å². The fourth-order valence-corrected chi connectivity index (χ4v) is 3.33. The van der Waals surface area contributed by atoms with Gasteiger partial charge in [0.2, 0.25) is 0 Å². The predicted octanol–water partition coefficient (Wildman–Crippen LogP) is 4.37. The summed E-state index contributed by atoms with van der Waals surface area (Å²) in [7, 11) is 3.60. The Kier molecular flexibility index (Phi) is 3.62. The van der Waals surface area contributed by atoms with Gasteiger partial charge in [0.25, 0.3) is 0 Å². The number of nitrogens with zero attached hydrogens (tertiary/aromatic N) is 3. The minimum atomic E-state index is 0.656. The van der Waals surface area contributed by atoms with Crippen LogP contribution in [0.4, 0.5) is 0 Å². The fraction of sp³-hybridized carbons (Fsp3) is 0.158. The zero-order valence-corrected chi connectivity index (χ0v) is 14.2. The van der Waals surface area contributed by atoms with Crippen molar-refractivity contribution in [3.63, 3.8) is 0 Å². The van der Waals surface area contributed by atoms with Gasteiger partial charge >= 0.3 is 0 Å². The molecule has 0 aliphatic heterocycles. The molecule has 0 atom stereocenters. The van der Waals surface area contributed by atoms with Gasteiger partial charge < -0.3 is 4.74 Å². The number of rotatable bonds is 3. The van der Waals surface area contributed by atoms with Gasteiger partial charge in [0.05, 0.1) is 29.4 Å². The quantitative estimate of drug-likeness (QED) is 0.557. The maximum atomic E-state index is 6.49. The first-order valence-corrected chi connectivity index (χ1v) is 8.06. The molecular formula is C19H16ClN3O. The number of hydrogen-bond donors (Lipinski definition) is 0. The Bertz CT molecular complexity index is 1060. The summed E-state index contributed by atoms with van der Waals surface area (Å²) in [5.74, 6) is 0.883. The van der Waals surface area contributed by atoms with Crippen molar-refractivity contribution in [2.45, 2.75) is 6.42 Å². The molecule has 4 nitrogen and oxygen atoms in total. The van der Waals surface area contributed by atoms with Crippen LogP contribution in [0.3, 0.4) is 0 Å². The molecular weight excluding hydrogens is 322 g/mol. The van der Waals surface area contributed by atoms with Crippen LogP contribution in [-0.4, -0.2) is 21.9 Å². The summed E-state index contributed by atoms with van der Waals surface area (Å²) in [6.45, 7) is 0. The lowest BCUT2D eigenvalue weighted by atomic mass is 10.0. The van der Waals surface area contributed by atoms with Crippen molar-refractivity contribution in [2.75, 3.05) is 7.11 Å². The van der Waals surface area contributed by atoms with Crippen molar-refractivity contribution in [2.24, 2.45) is 7.05 Å². The topological polar surface area (TPSA) is 39.9 Å². The highest BCUT2D eigenvalue weighted by atomic mass is 35.5. The van der Waals surface area contributed by atoms with Crippen molar-refractivity contribution in [1.82, 2.24) is 14.8 Å². The van der Waals surface area contributed by atoms with Gasteiger partial charge in [-0.25, -0.2) is 4.98 Å². The largest absolute Gasteiger partial charge is 0.496 e. The van der Waals surface area contributed by atoms with E-state index >= 15 is 0 Å². The summed E-state index contributed by atoms with van der Waals surface area (Å²) < 4.78 is 7.26. The highest BCUT2D eigenvalue weighted by molar-refractivity contribution is 6.35. The van der Waals surface area contributed by atoms with Crippen LogP contribution in [0.5, 0.6) is 5.75 Å². The Morgan fingerprint density at radius 3 is 2.83 bits per heavy atom. The summed E-state index contributed by atoms with van der Waals surface area (Å²) in [6, 6.07) is 14.2. The highest BCUT2D eigenvalue weighted by Crippen LogP contribution is 2.29. The fourth-order valence-electron chi connectivity index (χ4n) is 3.03. The molecule has 0 bridgehead atoms. The van der Waals surface area contributed by atoms with E-state index in [-0.39, 0.29) is 0 Å². The number of benzene rings is 2. The van der Waals surface area contributed by atoms with E-state index in [0.717, 1.165) is 45.2 Å². The van der Waals surface area contributed by atoms with Crippen LogP contribution in [0.25, 0.3) is 21.9 Å². The van der Waals surface area contributed by atoms with Crippen molar-refractivity contribution < 1.29 is 4.74 Å². The van der Waals surface area contributed by atoms with Crippen molar-refractivity contribution in [3.8, 4) is 5.75 Å². The molecule has 2 heterocycles. The van der Waals surface area contributed by atoms with Gasteiger partial charge in [0.1, 0.15) is 11.3 Å². The van der Waals surface area contributed by atoms with Crippen LogP contribution in [0.2, 0.25) is 5.02 Å². The number of aryl methyl sites for hydroxylation is 1. The average Bonchev–Trinajstić information content (AvgIpc) is 2.94. The second-order valence-electron chi connectivity index (χ2n) is 5.80.